The van der Waals surface area contributed by atoms with Gasteiger partial charge >= 0.3 is 11.9 Å². The lowest BCUT2D eigenvalue weighted by Gasteiger charge is -2.18. The minimum atomic E-state index is -1.08. The lowest BCUT2D eigenvalue weighted by Crippen LogP contribution is -2.33. The summed E-state index contributed by atoms with van der Waals surface area (Å²) in [6.45, 7) is 5.96. The molecule has 0 aromatic rings. The van der Waals surface area contributed by atoms with Gasteiger partial charge in [0, 0.05) is 6.54 Å². The first-order valence-electron chi connectivity index (χ1n) is 5.46. The molecule has 5 nitrogen and oxygen atoms in total. The van der Waals surface area contributed by atoms with Crippen molar-refractivity contribution in [3.05, 3.63) is 0 Å². The van der Waals surface area contributed by atoms with Crippen LogP contribution < -0.4 is 5.32 Å². The van der Waals surface area contributed by atoms with E-state index in [1.54, 1.807) is 14.0 Å². The van der Waals surface area contributed by atoms with Crippen LogP contribution in [0.1, 0.15) is 27.2 Å². The van der Waals surface area contributed by atoms with E-state index in [2.05, 4.69) is 5.32 Å². The quantitative estimate of drug-likeness (QED) is 0.636. The predicted octanol–water partition coefficient (Wildman–Crippen LogP) is 0.884. The third-order valence-corrected chi connectivity index (χ3v) is 2.13. The standard InChI is InChI=1S/C11H21NO4/c1-7(2)5-9(10(13)14)16-11(15)8(3)6-12-4/h7-9,12H,5-6H2,1-4H3,(H,13,14)/t8-,9+/m1/s1. The van der Waals surface area contributed by atoms with E-state index in [0.717, 1.165) is 0 Å². The Morgan fingerprint density at radius 1 is 1.31 bits per heavy atom. The van der Waals surface area contributed by atoms with Gasteiger partial charge in [0.25, 0.3) is 0 Å². The summed E-state index contributed by atoms with van der Waals surface area (Å²) in [4.78, 5) is 22.4. The number of hydrogen-bond donors (Lipinski definition) is 2. The highest BCUT2D eigenvalue weighted by molar-refractivity contribution is 5.79. The molecular formula is C11H21NO4. The van der Waals surface area contributed by atoms with E-state index < -0.39 is 18.0 Å². The number of rotatable bonds is 7. The van der Waals surface area contributed by atoms with Gasteiger partial charge in [-0.05, 0) is 19.4 Å². The summed E-state index contributed by atoms with van der Waals surface area (Å²) in [5, 5.41) is 11.7. The zero-order chi connectivity index (χ0) is 12.7. The monoisotopic (exact) mass is 231 g/mol. The van der Waals surface area contributed by atoms with Gasteiger partial charge in [-0.15, -0.1) is 0 Å². The van der Waals surface area contributed by atoms with Crippen LogP contribution in [0.15, 0.2) is 0 Å². The van der Waals surface area contributed by atoms with Crippen LogP contribution >= 0.6 is 0 Å². The van der Waals surface area contributed by atoms with E-state index in [9.17, 15) is 9.59 Å². The van der Waals surface area contributed by atoms with Crippen LogP contribution in [0.4, 0.5) is 0 Å². The number of carboxylic acids is 1. The minimum absolute atomic E-state index is 0.175. The molecule has 0 heterocycles. The Balaban J connectivity index is 4.28. The van der Waals surface area contributed by atoms with Crippen molar-refractivity contribution in [2.24, 2.45) is 11.8 Å². The smallest absolute Gasteiger partial charge is 0.345 e. The number of carboxylic acid groups (broad SMARTS) is 1. The second-order valence-electron chi connectivity index (χ2n) is 4.35. The molecule has 0 radical (unpaired) electrons. The topological polar surface area (TPSA) is 75.6 Å². The fourth-order valence-electron chi connectivity index (χ4n) is 1.27. The molecule has 0 aliphatic heterocycles. The van der Waals surface area contributed by atoms with Gasteiger partial charge in [-0.3, -0.25) is 4.79 Å². The Labute approximate surface area is 96.2 Å². The summed E-state index contributed by atoms with van der Waals surface area (Å²) in [6, 6.07) is 0. The van der Waals surface area contributed by atoms with Crippen LogP contribution in [-0.2, 0) is 14.3 Å². The van der Waals surface area contributed by atoms with Gasteiger partial charge in [0.15, 0.2) is 6.10 Å². The molecule has 0 saturated heterocycles. The lowest BCUT2D eigenvalue weighted by atomic mass is 10.1. The molecule has 0 aromatic carbocycles. The Kier molecular flexibility index (Phi) is 6.72. The SMILES string of the molecule is CNC[C@@H](C)C(=O)O[C@@H](CC(C)C)C(=O)O. The fraction of sp³-hybridized carbons (Fsp3) is 0.818. The number of aliphatic carboxylic acids is 1. The lowest BCUT2D eigenvalue weighted by molar-refractivity contribution is -0.167. The van der Waals surface area contributed by atoms with Crippen molar-refractivity contribution in [1.29, 1.82) is 0 Å². The van der Waals surface area contributed by atoms with Crippen molar-refractivity contribution in [3.8, 4) is 0 Å². The van der Waals surface area contributed by atoms with E-state index in [4.69, 9.17) is 9.84 Å². The largest absolute Gasteiger partial charge is 0.479 e. The van der Waals surface area contributed by atoms with Gasteiger partial charge in [-0.1, -0.05) is 20.8 Å². The number of carbonyl (C=O) groups is 2. The Morgan fingerprint density at radius 2 is 1.88 bits per heavy atom. The van der Waals surface area contributed by atoms with Gasteiger partial charge in [0.05, 0.1) is 5.92 Å². The van der Waals surface area contributed by atoms with E-state index in [-0.39, 0.29) is 11.8 Å². The first-order valence-corrected chi connectivity index (χ1v) is 5.46. The maximum atomic E-state index is 11.5. The number of esters is 1. The molecule has 0 aromatic heterocycles. The van der Waals surface area contributed by atoms with Crippen LogP contribution in [0.5, 0.6) is 0 Å². The third kappa shape index (κ3) is 5.70. The molecule has 16 heavy (non-hydrogen) atoms. The molecule has 0 aliphatic carbocycles. The van der Waals surface area contributed by atoms with Crippen molar-refractivity contribution in [2.45, 2.75) is 33.3 Å². The molecule has 2 atom stereocenters. The Bertz CT molecular complexity index is 240. The summed E-state index contributed by atoms with van der Waals surface area (Å²) >= 11 is 0. The summed E-state index contributed by atoms with van der Waals surface area (Å²) in [5.74, 6) is -1.71. The zero-order valence-corrected chi connectivity index (χ0v) is 10.3. The van der Waals surface area contributed by atoms with Crippen LogP contribution in [0.3, 0.4) is 0 Å². The molecule has 0 unspecified atom stereocenters. The molecule has 0 amide bonds. The molecular weight excluding hydrogens is 210 g/mol. The van der Waals surface area contributed by atoms with Crippen LogP contribution in [-0.4, -0.2) is 36.7 Å². The average molecular weight is 231 g/mol. The van der Waals surface area contributed by atoms with Gasteiger partial charge in [0.1, 0.15) is 0 Å². The highest BCUT2D eigenvalue weighted by Crippen LogP contribution is 2.11. The van der Waals surface area contributed by atoms with Crippen molar-refractivity contribution in [1.82, 2.24) is 5.32 Å². The van der Waals surface area contributed by atoms with Crippen LogP contribution in [0, 0.1) is 11.8 Å². The second kappa shape index (κ2) is 7.22. The molecule has 0 bridgehead atoms. The molecule has 0 rings (SSSR count). The molecule has 0 spiro atoms. The minimum Gasteiger partial charge on any atom is -0.479 e. The van der Waals surface area contributed by atoms with E-state index in [1.165, 1.54) is 0 Å². The maximum absolute atomic E-state index is 11.5. The molecule has 0 aliphatic rings. The summed E-state index contributed by atoms with van der Waals surface area (Å²) in [6.07, 6.45) is -0.695. The van der Waals surface area contributed by atoms with Crippen molar-refractivity contribution < 1.29 is 19.4 Å². The number of hydrogen-bond acceptors (Lipinski definition) is 4. The molecule has 5 heteroatoms. The zero-order valence-electron chi connectivity index (χ0n) is 10.3. The van der Waals surface area contributed by atoms with Crippen LogP contribution in [0.25, 0.3) is 0 Å². The summed E-state index contributed by atoms with van der Waals surface area (Å²) in [5.41, 5.74) is 0. The Hall–Kier alpha value is -1.10. The predicted molar refractivity (Wildman–Crippen MR) is 60.1 cm³/mol. The summed E-state index contributed by atoms with van der Waals surface area (Å²) < 4.78 is 4.96. The second-order valence-corrected chi connectivity index (χ2v) is 4.35. The Morgan fingerprint density at radius 3 is 2.25 bits per heavy atom. The maximum Gasteiger partial charge on any atom is 0.345 e. The van der Waals surface area contributed by atoms with Crippen molar-refractivity contribution in [3.63, 3.8) is 0 Å². The fourth-order valence-corrected chi connectivity index (χ4v) is 1.27. The van der Waals surface area contributed by atoms with E-state index >= 15 is 0 Å². The summed E-state index contributed by atoms with van der Waals surface area (Å²) in [7, 11) is 1.73. The molecule has 0 saturated carbocycles. The molecule has 2 N–H and O–H groups in total. The van der Waals surface area contributed by atoms with Crippen molar-refractivity contribution in [2.75, 3.05) is 13.6 Å². The third-order valence-electron chi connectivity index (χ3n) is 2.13. The first kappa shape index (κ1) is 14.9. The average Bonchev–Trinajstić information content (AvgIpc) is 2.16. The van der Waals surface area contributed by atoms with E-state index in [1.807, 2.05) is 13.8 Å². The first-order chi connectivity index (χ1) is 7.38. The molecule has 94 valence electrons. The van der Waals surface area contributed by atoms with Gasteiger partial charge in [0.2, 0.25) is 0 Å². The van der Waals surface area contributed by atoms with Gasteiger partial charge in [-0.25, -0.2) is 4.79 Å². The number of nitrogens with one attached hydrogen (secondary N) is 1. The van der Waals surface area contributed by atoms with Gasteiger partial charge < -0.3 is 15.2 Å². The van der Waals surface area contributed by atoms with Crippen LogP contribution in [0.2, 0.25) is 0 Å². The van der Waals surface area contributed by atoms with Crippen molar-refractivity contribution >= 4 is 11.9 Å². The normalized spacial score (nSPS) is 14.6. The van der Waals surface area contributed by atoms with E-state index in [0.29, 0.717) is 13.0 Å². The number of ether oxygens (including phenoxy) is 1. The number of carbonyl (C=O) groups excluding carboxylic acids is 1. The highest BCUT2D eigenvalue weighted by atomic mass is 16.6. The molecule has 0 fully saturated rings. The highest BCUT2D eigenvalue weighted by Gasteiger charge is 2.25. The van der Waals surface area contributed by atoms with Gasteiger partial charge in [-0.2, -0.15) is 0 Å².